The fourth-order valence-electron chi connectivity index (χ4n) is 5.92. The molecule has 1 fully saturated rings. The second kappa shape index (κ2) is 11.5. The van der Waals surface area contributed by atoms with Crippen molar-refractivity contribution in [1.82, 2.24) is 0 Å². The van der Waals surface area contributed by atoms with Gasteiger partial charge in [-0.3, -0.25) is 4.79 Å². The summed E-state index contributed by atoms with van der Waals surface area (Å²) in [6, 6.07) is 16.5. The molecule has 4 heteroatoms. The Morgan fingerprint density at radius 2 is 1.62 bits per heavy atom. The van der Waals surface area contributed by atoms with E-state index in [4.69, 9.17) is 9.47 Å². The summed E-state index contributed by atoms with van der Waals surface area (Å²) in [6.45, 7) is 13.9. The van der Waals surface area contributed by atoms with Crippen molar-refractivity contribution < 1.29 is 18.7 Å². The number of benzene rings is 3. The van der Waals surface area contributed by atoms with Crippen LogP contribution in [0.4, 0.5) is 4.39 Å². The number of hydrogen-bond donors (Lipinski definition) is 0. The molecule has 3 aromatic rings. The van der Waals surface area contributed by atoms with Crippen molar-refractivity contribution in [1.29, 1.82) is 0 Å². The second-order valence-corrected chi connectivity index (χ2v) is 10.9. The van der Waals surface area contributed by atoms with Crippen LogP contribution in [0, 0.1) is 26.6 Å². The Labute approximate surface area is 233 Å². The monoisotopic (exact) mass is 528 g/mol. The van der Waals surface area contributed by atoms with Crippen molar-refractivity contribution in [3.63, 3.8) is 0 Å². The lowest BCUT2D eigenvalue weighted by Crippen LogP contribution is -2.26. The van der Waals surface area contributed by atoms with E-state index in [2.05, 4.69) is 84.0 Å². The van der Waals surface area contributed by atoms with Gasteiger partial charge in [0.2, 0.25) is 0 Å². The number of epoxide rings is 1. The standard InChI is InChI=1S/C35H41FO3/c1-8-34(22-39-34)16-15-26-13-14-29(17-23(26)4)35(9-2,10-3)30-18-24(5)33(25(6)19-30)28-12-11-27(31(36)20-28)21-32(37)38-7/h11-20H,8-10,21-22H2,1-7H3/b16-15+. The quantitative estimate of drug-likeness (QED) is 0.196. The molecule has 3 nitrogen and oxygen atoms in total. The SMILES string of the molecule is CCC1(/C=C/c2ccc(C(CC)(CC)c3cc(C)c(-c4ccc(CC(=O)OC)c(F)c4)c(C)c3)cc2C)CO1. The van der Waals surface area contributed by atoms with Gasteiger partial charge < -0.3 is 9.47 Å². The summed E-state index contributed by atoms with van der Waals surface area (Å²) in [7, 11) is 1.31. The lowest BCUT2D eigenvalue weighted by atomic mass is 9.69. The van der Waals surface area contributed by atoms with Crippen LogP contribution in [0.15, 0.2) is 54.6 Å². The topological polar surface area (TPSA) is 38.8 Å². The molecule has 0 aliphatic carbocycles. The lowest BCUT2D eigenvalue weighted by Gasteiger charge is -2.35. The van der Waals surface area contributed by atoms with Crippen LogP contribution in [-0.4, -0.2) is 25.3 Å². The van der Waals surface area contributed by atoms with E-state index < -0.39 is 5.97 Å². The van der Waals surface area contributed by atoms with Crippen LogP contribution in [0.5, 0.6) is 0 Å². The van der Waals surface area contributed by atoms with Gasteiger partial charge in [-0.05, 0) is 102 Å². The van der Waals surface area contributed by atoms with Crippen LogP contribution in [0.2, 0.25) is 0 Å². The third kappa shape index (κ3) is 5.72. The van der Waals surface area contributed by atoms with Gasteiger partial charge in [-0.2, -0.15) is 0 Å². The molecule has 1 unspecified atom stereocenters. The van der Waals surface area contributed by atoms with E-state index in [9.17, 15) is 9.18 Å². The minimum Gasteiger partial charge on any atom is -0.469 e. The first-order chi connectivity index (χ1) is 18.6. The van der Waals surface area contributed by atoms with Gasteiger partial charge in [0.1, 0.15) is 11.4 Å². The Hall–Kier alpha value is -3.24. The number of hydrogen-bond acceptors (Lipinski definition) is 3. The van der Waals surface area contributed by atoms with Crippen molar-refractivity contribution >= 4 is 12.0 Å². The van der Waals surface area contributed by atoms with E-state index in [1.807, 2.05) is 6.07 Å². The highest BCUT2D eigenvalue weighted by molar-refractivity contribution is 5.75. The molecule has 1 aliphatic heterocycles. The second-order valence-electron chi connectivity index (χ2n) is 10.9. The maximum absolute atomic E-state index is 14.9. The van der Waals surface area contributed by atoms with E-state index in [1.165, 1.54) is 35.4 Å². The first-order valence-corrected chi connectivity index (χ1v) is 14.0. The molecule has 1 atom stereocenters. The third-order valence-electron chi connectivity index (χ3n) is 8.70. The van der Waals surface area contributed by atoms with Gasteiger partial charge in [0.25, 0.3) is 0 Å². The van der Waals surface area contributed by atoms with Crippen LogP contribution in [0.25, 0.3) is 17.2 Å². The van der Waals surface area contributed by atoms with Gasteiger partial charge in [-0.15, -0.1) is 0 Å². The van der Waals surface area contributed by atoms with Gasteiger partial charge >= 0.3 is 5.97 Å². The Morgan fingerprint density at radius 1 is 0.974 bits per heavy atom. The smallest absolute Gasteiger partial charge is 0.310 e. The van der Waals surface area contributed by atoms with E-state index in [-0.39, 0.29) is 23.3 Å². The van der Waals surface area contributed by atoms with Crippen LogP contribution < -0.4 is 0 Å². The molecule has 0 bridgehead atoms. The first-order valence-electron chi connectivity index (χ1n) is 14.0. The van der Waals surface area contributed by atoms with Crippen LogP contribution in [0.3, 0.4) is 0 Å². The Morgan fingerprint density at radius 3 is 2.13 bits per heavy atom. The van der Waals surface area contributed by atoms with Gasteiger partial charge in [0.15, 0.2) is 0 Å². The van der Waals surface area contributed by atoms with E-state index in [1.54, 1.807) is 6.07 Å². The molecule has 1 heterocycles. The number of esters is 1. The molecular weight excluding hydrogens is 487 g/mol. The highest BCUT2D eigenvalue weighted by Crippen LogP contribution is 2.42. The fraction of sp³-hybridized carbons (Fsp3) is 0.400. The van der Waals surface area contributed by atoms with Crippen molar-refractivity contribution in [3.05, 3.63) is 99.4 Å². The Bertz CT molecular complexity index is 1370. The summed E-state index contributed by atoms with van der Waals surface area (Å²) in [5, 5.41) is 0. The zero-order chi connectivity index (χ0) is 28.4. The molecular formula is C35H41FO3. The molecule has 0 spiro atoms. The zero-order valence-corrected chi connectivity index (χ0v) is 24.4. The molecule has 0 N–H and O–H groups in total. The zero-order valence-electron chi connectivity index (χ0n) is 24.4. The van der Waals surface area contributed by atoms with Gasteiger partial charge in [-0.1, -0.05) is 69.3 Å². The summed E-state index contributed by atoms with van der Waals surface area (Å²) in [6.07, 6.45) is 7.27. The van der Waals surface area contributed by atoms with Crippen molar-refractivity contribution in [2.75, 3.05) is 13.7 Å². The molecule has 39 heavy (non-hydrogen) atoms. The summed E-state index contributed by atoms with van der Waals surface area (Å²) in [5.74, 6) is -0.838. The number of ether oxygens (including phenoxy) is 2. The van der Waals surface area contributed by atoms with Crippen LogP contribution in [0.1, 0.15) is 79.0 Å². The summed E-state index contributed by atoms with van der Waals surface area (Å²) >= 11 is 0. The fourth-order valence-corrected chi connectivity index (χ4v) is 5.92. The van der Waals surface area contributed by atoms with Gasteiger partial charge in [0.05, 0.1) is 20.1 Å². The van der Waals surface area contributed by atoms with Crippen molar-refractivity contribution in [2.24, 2.45) is 0 Å². The Kier molecular flexibility index (Phi) is 8.46. The minimum absolute atomic E-state index is 0.0664. The number of rotatable bonds is 10. The number of carbonyl (C=O) groups is 1. The van der Waals surface area contributed by atoms with E-state index in [0.29, 0.717) is 5.56 Å². The molecule has 1 aliphatic rings. The summed E-state index contributed by atoms with van der Waals surface area (Å²) < 4.78 is 25.2. The van der Waals surface area contributed by atoms with Gasteiger partial charge in [-0.25, -0.2) is 4.39 Å². The highest BCUT2D eigenvalue weighted by atomic mass is 19.1. The number of aryl methyl sites for hydroxylation is 3. The largest absolute Gasteiger partial charge is 0.469 e. The number of carbonyl (C=O) groups excluding carboxylic acids is 1. The van der Waals surface area contributed by atoms with Crippen LogP contribution in [-0.2, 0) is 26.1 Å². The lowest BCUT2D eigenvalue weighted by molar-refractivity contribution is -0.139. The molecule has 0 saturated carbocycles. The average Bonchev–Trinajstić information content (AvgIpc) is 3.70. The predicted molar refractivity (Wildman–Crippen MR) is 158 cm³/mol. The van der Waals surface area contributed by atoms with E-state index in [0.717, 1.165) is 48.1 Å². The molecule has 3 aromatic carbocycles. The molecule has 206 valence electrons. The van der Waals surface area contributed by atoms with E-state index >= 15 is 0 Å². The summed E-state index contributed by atoms with van der Waals surface area (Å²) in [5.41, 5.74) is 9.32. The molecule has 4 rings (SSSR count). The normalized spacial score (nSPS) is 17.0. The maximum atomic E-state index is 14.9. The molecule has 0 radical (unpaired) electrons. The van der Waals surface area contributed by atoms with Crippen LogP contribution >= 0.6 is 0 Å². The molecule has 0 amide bonds. The summed E-state index contributed by atoms with van der Waals surface area (Å²) in [4.78, 5) is 11.6. The highest BCUT2D eigenvalue weighted by Gasteiger charge is 2.39. The average molecular weight is 529 g/mol. The minimum atomic E-state index is -0.449. The molecule has 0 aromatic heterocycles. The number of halogens is 1. The molecule has 1 saturated heterocycles. The number of methoxy groups -OCH3 is 1. The first kappa shape index (κ1) is 28.8. The van der Waals surface area contributed by atoms with Crippen molar-refractivity contribution in [2.45, 2.75) is 78.2 Å². The van der Waals surface area contributed by atoms with Gasteiger partial charge in [0, 0.05) is 5.41 Å². The predicted octanol–water partition coefficient (Wildman–Crippen LogP) is 8.43. The maximum Gasteiger partial charge on any atom is 0.310 e. The Balaban J connectivity index is 1.70. The van der Waals surface area contributed by atoms with Crippen molar-refractivity contribution in [3.8, 4) is 11.1 Å². The third-order valence-corrected chi connectivity index (χ3v) is 8.70.